The molecule has 104 valence electrons. The zero-order chi connectivity index (χ0) is 14.7. The first kappa shape index (κ1) is 13.2. The van der Waals surface area contributed by atoms with E-state index in [9.17, 15) is 4.79 Å². The van der Waals surface area contributed by atoms with Crippen molar-refractivity contribution in [3.8, 4) is 22.5 Å². The van der Waals surface area contributed by atoms with Gasteiger partial charge < -0.3 is 9.15 Å². The summed E-state index contributed by atoms with van der Waals surface area (Å²) in [5.41, 5.74) is 3.64. The molecule has 0 saturated carbocycles. The third-order valence-corrected chi connectivity index (χ3v) is 3.33. The van der Waals surface area contributed by atoms with Crippen LogP contribution in [0.25, 0.3) is 22.5 Å². The summed E-state index contributed by atoms with van der Waals surface area (Å²) in [5, 5.41) is 0. The van der Waals surface area contributed by atoms with Crippen molar-refractivity contribution in [2.45, 2.75) is 0 Å². The van der Waals surface area contributed by atoms with Gasteiger partial charge in [0.1, 0.15) is 5.76 Å². The molecule has 0 unspecified atom stereocenters. The lowest BCUT2D eigenvalue weighted by atomic mass is 9.97. The molecule has 0 aliphatic rings. The summed E-state index contributed by atoms with van der Waals surface area (Å²) in [5.74, 6) is 0.489. The second-order valence-electron chi connectivity index (χ2n) is 4.59. The monoisotopic (exact) mass is 278 g/mol. The smallest absolute Gasteiger partial charge is 0.337 e. The van der Waals surface area contributed by atoms with Gasteiger partial charge in [0.15, 0.2) is 0 Å². The summed E-state index contributed by atoms with van der Waals surface area (Å²) in [6, 6.07) is 19.2. The van der Waals surface area contributed by atoms with Gasteiger partial charge in [0.05, 0.1) is 18.9 Å². The van der Waals surface area contributed by atoms with E-state index in [2.05, 4.69) is 0 Å². The molecule has 0 aliphatic carbocycles. The maximum absolute atomic E-state index is 11.5. The van der Waals surface area contributed by atoms with Gasteiger partial charge in [0.25, 0.3) is 0 Å². The molecule has 2 aromatic carbocycles. The minimum atomic E-state index is -0.333. The quantitative estimate of drug-likeness (QED) is 0.666. The van der Waals surface area contributed by atoms with Gasteiger partial charge in [-0.1, -0.05) is 36.4 Å². The molecule has 0 bridgehead atoms. The number of furan rings is 1. The van der Waals surface area contributed by atoms with E-state index in [1.807, 2.05) is 48.5 Å². The topological polar surface area (TPSA) is 39.4 Å². The van der Waals surface area contributed by atoms with Crippen LogP contribution in [0.1, 0.15) is 10.4 Å². The van der Waals surface area contributed by atoms with E-state index < -0.39 is 0 Å². The summed E-state index contributed by atoms with van der Waals surface area (Å²) in [6.45, 7) is 0. The third-order valence-electron chi connectivity index (χ3n) is 3.33. The lowest BCUT2D eigenvalue weighted by molar-refractivity contribution is 0.0601. The normalized spacial score (nSPS) is 10.3. The highest BCUT2D eigenvalue weighted by molar-refractivity contribution is 5.90. The number of methoxy groups -OCH3 is 1. The predicted molar refractivity (Wildman–Crippen MR) is 80.9 cm³/mol. The highest BCUT2D eigenvalue weighted by Crippen LogP contribution is 2.32. The number of hydrogen-bond donors (Lipinski definition) is 0. The fraction of sp³-hybridized carbons (Fsp3) is 0.0556. The van der Waals surface area contributed by atoms with E-state index >= 15 is 0 Å². The summed E-state index contributed by atoms with van der Waals surface area (Å²) < 4.78 is 10.2. The van der Waals surface area contributed by atoms with Crippen LogP contribution in [0.15, 0.2) is 71.3 Å². The molecular weight excluding hydrogens is 264 g/mol. The SMILES string of the molecule is COC(=O)c1ccc(-c2ccccc2-c2ccco2)cc1. The number of esters is 1. The van der Waals surface area contributed by atoms with Gasteiger partial charge in [-0.15, -0.1) is 0 Å². The maximum atomic E-state index is 11.5. The van der Waals surface area contributed by atoms with Crippen LogP contribution in [0.4, 0.5) is 0 Å². The van der Waals surface area contributed by atoms with Crippen molar-refractivity contribution in [3.63, 3.8) is 0 Å². The fourth-order valence-corrected chi connectivity index (χ4v) is 2.29. The lowest BCUT2D eigenvalue weighted by Crippen LogP contribution is -2.00. The van der Waals surface area contributed by atoms with Crippen molar-refractivity contribution < 1.29 is 13.9 Å². The average molecular weight is 278 g/mol. The largest absolute Gasteiger partial charge is 0.465 e. The van der Waals surface area contributed by atoms with Gasteiger partial charge in [-0.3, -0.25) is 0 Å². The van der Waals surface area contributed by atoms with Crippen LogP contribution in [0.5, 0.6) is 0 Å². The van der Waals surface area contributed by atoms with Gasteiger partial charge in [-0.25, -0.2) is 4.79 Å². The van der Waals surface area contributed by atoms with Crippen LogP contribution < -0.4 is 0 Å². The van der Waals surface area contributed by atoms with Gasteiger partial charge in [0.2, 0.25) is 0 Å². The van der Waals surface area contributed by atoms with Crippen LogP contribution >= 0.6 is 0 Å². The molecule has 3 rings (SSSR count). The first-order valence-corrected chi connectivity index (χ1v) is 6.61. The molecule has 3 aromatic rings. The maximum Gasteiger partial charge on any atom is 0.337 e. The summed E-state index contributed by atoms with van der Waals surface area (Å²) in [6.07, 6.45) is 1.66. The van der Waals surface area contributed by atoms with Crippen LogP contribution in [-0.2, 0) is 4.74 Å². The second kappa shape index (κ2) is 5.67. The van der Waals surface area contributed by atoms with Crippen molar-refractivity contribution in [2.24, 2.45) is 0 Å². The highest BCUT2D eigenvalue weighted by atomic mass is 16.5. The summed E-state index contributed by atoms with van der Waals surface area (Å²) in [7, 11) is 1.38. The van der Waals surface area contributed by atoms with Crippen LogP contribution in [0.2, 0.25) is 0 Å². The van der Waals surface area contributed by atoms with Crippen LogP contribution in [0, 0.1) is 0 Å². The molecule has 3 nitrogen and oxygen atoms in total. The molecule has 0 aliphatic heterocycles. The Balaban J connectivity index is 2.03. The Morgan fingerprint density at radius 3 is 2.24 bits per heavy atom. The minimum Gasteiger partial charge on any atom is -0.465 e. The zero-order valence-electron chi connectivity index (χ0n) is 11.6. The molecular formula is C18H14O3. The van der Waals surface area contributed by atoms with Crippen molar-refractivity contribution in [1.29, 1.82) is 0 Å². The standard InChI is InChI=1S/C18H14O3/c1-20-18(19)14-10-8-13(9-11-14)15-5-2-3-6-16(15)17-7-4-12-21-17/h2-12H,1H3. The van der Waals surface area contributed by atoms with E-state index in [0.29, 0.717) is 5.56 Å². The molecule has 0 spiro atoms. The molecule has 0 atom stereocenters. The lowest BCUT2D eigenvalue weighted by Gasteiger charge is -2.08. The molecule has 1 heterocycles. The second-order valence-corrected chi connectivity index (χ2v) is 4.59. The van der Waals surface area contributed by atoms with Crippen molar-refractivity contribution in [3.05, 3.63) is 72.5 Å². The van der Waals surface area contributed by atoms with Gasteiger partial charge >= 0.3 is 5.97 Å². The van der Waals surface area contributed by atoms with E-state index in [4.69, 9.17) is 9.15 Å². The number of ether oxygens (including phenoxy) is 1. The molecule has 0 saturated heterocycles. The fourth-order valence-electron chi connectivity index (χ4n) is 2.29. The first-order valence-electron chi connectivity index (χ1n) is 6.61. The average Bonchev–Trinajstić information content (AvgIpc) is 3.08. The number of hydrogen-bond acceptors (Lipinski definition) is 3. The molecule has 0 fully saturated rings. The molecule has 0 amide bonds. The van der Waals surface area contributed by atoms with Gasteiger partial charge in [-0.2, -0.15) is 0 Å². The van der Waals surface area contributed by atoms with E-state index in [1.54, 1.807) is 18.4 Å². The molecule has 1 aromatic heterocycles. The Bertz CT molecular complexity index is 740. The van der Waals surface area contributed by atoms with E-state index in [0.717, 1.165) is 22.5 Å². The molecule has 21 heavy (non-hydrogen) atoms. The molecule has 3 heteroatoms. The van der Waals surface area contributed by atoms with Crippen LogP contribution in [0.3, 0.4) is 0 Å². The molecule has 0 radical (unpaired) electrons. The van der Waals surface area contributed by atoms with Gasteiger partial charge in [-0.05, 0) is 35.4 Å². The molecule has 0 N–H and O–H groups in total. The number of benzene rings is 2. The predicted octanol–water partition coefficient (Wildman–Crippen LogP) is 4.40. The van der Waals surface area contributed by atoms with Crippen molar-refractivity contribution >= 4 is 5.97 Å². The Hall–Kier alpha value is -2.81. The Morgan fingerprint density at radius 1 is 0.905 bits per heavy atom. The van der Waals surface area contributed by atoms with Crippen molar-refractivity contribution in [2.75, 3.05) is 7.11 Å². The first-order chi connectivity index (χ1) is 10.3. The Morgan fingerprint density at radius 2 is 1.62 bits per heavy atom. The summed E-state index contributed by atoms with van der Waals surface area (Å²) in [4.78, 5) is 11.5. The number of rotatable bonds is 3. The van der Waals surface area contributed by atoms with E-state index in [-0.39, 0.29) is 5.97 Å². The Labute approximate surface area is 122 Å². The van der Waals surface area contributed by atoms with Crippen molar-refractivity contribution in [1.82, 2.24) is 0 Å². The number of carbonyl (C=O) groups is 1. The van der Waals surface area contributed by atoms with Gasteiger partial charge in [0, 0.05) is 5.56 Å². The summed E-state index contributed by atoms with van der Waals surface area (Å²) >= 11 is 0. The Kier molecular flexibility index (Phi) is 3.56. The third kappa shape index (κ3) is 2.58. The number of carbonyl (C=O) groups excluding carboxylic acids is 1. The minimum absolute atomic E-state index is 0.333. The zero-order valence-corrected chi connectivity index (χ0v) is 11.6. The van der Waals surface area contributed by atoms with E-state index in [1.165, 1.54) is 7.11 Å². The van der Waals surface area contributed by atoms with Crippen LogP contribution in [-0.4, -0.2) is 13.1 Å². The highest BCUT2D eigenvalue weighted by Gasteiger charge is 2.10.